The number of thiazole rings is 1. The van der Waals surface area contributed by atoms with Crippen LogP contribution in [-0.4, -0.2) is 24.3 Å². The summed E-state index contributed by atoms with van der Waals surface area (Å²) < 4.78 is 19.9. The van der Waals surface area contributed by atoms with Crippen LogP contribution in [0.1, 0.15) is 36.6 Å². The minimum absolute atomic E-state index is 0.193. The van der Waals surface area contributed by atoms with Gasteiger partial charge in [0.2, 0.25) is 0 Å². The fourth-order valence-electron chi connectivity index (χ4n) is 5.38. The van der Waals surface area contributed by atoms with E-state index in [1.165, 1.54) is 11.3 Å². The summed E-state index contributed by atoms with van der Waals surface area (Å²) in [7, 11) is 1.58. The van der Waals surface area contributed by atoms with Gasteiger partial charge >= 0.3 is 5.97 Å². The Hall–Kier alpha value is -4.18. The molecule has 10 heteroatoms. The number of fused-ring (bicyclic) bond motifs is 2. The summed E-state index contributed by atoms with van der Waals surface area (Å²) in [5.41, 5.74) is 2.98. The van der Waals surface area contributed by atoms with Crippen LogP contribution in [0, 0.1) is 0 Å². The van der Waals surface area contributed by atoms with Crippen molar-refractivity contribution < 1.29 is 19.0 Å². The molecular weight excluding hydrogens is 676 g/mol. The molecule has 0 bridgehead atoms. The van der Waals surface area contributed by atoms with Crippen molar-refractivity contribution in [3.8, 4) is 11.5 Å². The number of carbonyl (C=O) groups is 1. The molecule has 0 spiro atoms. The first-order valence-electron chi connectivity index (χ1n) is 14.2. The number of allylic oxidation sites excluding steroid dienone is 1. The minimum atomic E-state index is -0.752. The minimum Gasteiger partial charge on any atom is -0.496 e. The molecule has 1 atom stereocenters. The fraction of sp³-hybridized carbons (Fsp3) is 0.171. The van der Waals surface area contributed by atoms with Gasteiger partial charge in [-0.1, -0.05) is 71.5 Å². The van der Waals surface area contributed by atoms with Crippen LogP contribution in [0.25, 0.3) is 16.8 Å². The highest BCUT2D eigenvalue weighted by Gasteiger charge is 2.33. The molecule has 7 nitrogen and oxygen atoms in total. The highest BCUT2D eigenvalue weighted by atomic mass is 79.9. The predicted molar refractivity (Wildman–Crippen MR) is 181 cm³/mol. The van der Waals surface area contributed by atoms with Gasteiger partial charge in [-0.15, -0.1) is 0 Å². The summed E-state index contributed by atoms with van der Waals surface area (Å²) in [6, 6.07) is 24.1. The van der Waals surface area contributed by atoms with Crippen LogP contribution in [0.2, 0.25) is 5.02 Å². The van der Waals surface area contributed by atoms with Gasteiger partial charge in [-0.05, 0) is 88.1 Å². The van der Waals surface area contributed by atoms with Gasteiger partial charge in [0, 0.05) is 10.6 Å². The van der Waals surface area contributed by atoms with Gasteiger partial charge in [-0.25, -0.2) is 9.79 Å². The first-order valence-corrected chi connectivity index (χ1v) is 16.2. The van der Waals surface area contributed by atoms with E-state index < -0.39 is 12.0 Å². The number of esters is 1. The van der Waals surface area contributed by atoms with Crippen molar-refractivity contribution in [3.05, 3.63) is 136 Å². The molecule has 0 saturated carbocycles. The third-order valence-corrected chi connectivity index (χ3v) is 9.38. The number of hydrogen-bond acceptors (Lipinski definition) is 7. The van der Waals surface area contributed by atoms with E-state index in [-0.39, 0.29) is 12.2 Å². The van der Waals surface area contributed by atoms with Crippen molar-refractivity contribution in [3.63, 3.8) is 0 Å². The molecule has 1 aliphatic heterocycles. The summed E-state index contributed by atoms with van der Waals surface area (Å²) in [5.74, 6) is 0.747. The molecule has 45 heavy (non-hydrogen) atoms. The van der Waals surface area contributed by atoms with Crippen LogP contribution in [-0.2, 0) is 16.1 Å². The van der Waals surface area contributed by atoms with Crippen LogP contribution in [0.3, 0.4) is 0 Å². The maximum absolute atomic E-state index is 14.3. The molecule has 0 aliphatic carbocycles. The smallest absolute Gasteiger partial charge is 0.338 e. The van der Waals surface area contributed by atoms with E-state index in [0.29, 0.717) is 53.8 Å². The lowest BCUT2D eigenvalue weighted by Gasteiger charge is -2.25. The quantitative estimate of drug-likeness (QED) is 0.164. The molecule has 0 fully saturated rings. The molecule has 0 N–H and O–H groups in total. The van der Waals surface area contributed by atoms with Crippen molar-refractivity contribution in [1.82, 2.24) is 4.57 Å². The van der Waals surface area contributed by atoms with Gasteiger partial charge in [-0.2, -0.15) is 0 Å². The predicted octanol–water partition coefficient (Wildman–Crippen LogP) is 6.96. The third kappa shape index (κ3) is 6.08. The Kier molecular flexibility index (Phi) is 8.94. The van der Waals surface area contributed by atoms with E-state index in [4.69, 9.17) is 30.8 Å². The molecule has 0 saturated heterocycles. The summed E-state index contributed by atoms with van der Waals surface area (Å²) in [5, 5.41) is 2.61. The van der Waals surface area contributed by atoms with Gasteiger partial charge in [0.05, 0.1) is 40.0 Å². The molecule has 6 rings (SSSR count). The van der Waals surface area contributed by atoms with Gasteiger partial charge in [0.25, 0.3) is 5.56 Å². The maximum Gasteiger partial charge on any atom is 0.338 e. The van der Waals surface area contributed by atoms with Crippen molar-refractivity contribution in [1.29, 1.82) is 0 Å². The largest absolute Gasteiger partial charge is 0.496 e. The number of carbonyl (C=O) groups excluding carboxylic acids is 1. The van der Waals surface area contributed by atoms with Crippen LogP contribution < -0.4 is 24.4 Å². The van der Waals surface area contributed by atoms with Crippen LogP contribution in [0.15, 0.2) is 104 Å². The van der Waals surface area contributed by atoms with Gasteiger partial charge < -0.3 is 14.2 Å². The molecule has 228 valence electrons. The number of halogens is 2. The molecule has 0 amide bonds. The molecule has 1 aliphatic rings. The van der Waals surface area contributed by atoms with E-state index in [1.54, 1.807) is 31.6 Å². The Morgan fingerprint density at radius 3 is 2.56 bits per heavy atom. The average Bonchev–Trinajstić information content (AvgIpc) is 3.34. The lowest BCUT2D eigenvalue weighted by Crippen LogP contribution is -2.40. The topological polar surface area (TPSA) is 79.1 Å². The number of nitrogens with zero attached hydrogens (tertiary/aromatic N) is 2. The maximum atomic E-state index is 14.3. The molecule has 5 aromatic rings. The first kappa shape index (κ1) is 30.8. The first-order chi connectivity index (χ1) is 21.8. The Bertz CT molecular complexity index is 2150. The number of hydrogen-bond donors (Lipinski definition) is 0. The van der Waals surface area contributed by atoms with Gasteiger partial charge in [0.1, 0.15) is 18.1 Å². The second-order valence-corrected chi connectivity index (χ2v) is 12.6. The zero-order chi connectivity index (χ0) is 31.7. The van der Waals surface area contributed by atoms with Gasteiger partial charge in [0.15, 0.2) is 4.80 Å². The van der Waals surface area contributed by atoms with Crippen molar-refractivity contribution in [2.75, 3.05) is 13.7 Å². The normalized spacial score (nSPS) is 14.7. The standard InChI is InChI=1S/C35H28BrClN2O5S/c1-4-43-34(41)31-20(2)38-35-39(32(31)23-12-16-29(42-3)27(36)17-23)33(40)30(45-35)18-26-25-8-6-5-7-22(25)11-15-28(26)44-19-21-9-13-24(37)14-10-21/h5-18,32H,4,19H2,1-3H3/b30-18+/t32-/m1/s1. The lowest BCUT2D eigenvalue weighted by atomic mass is 9.96. The van der Waals surface area contributed by atoms with E-state index in [2.05, 4.69) is 15.9 Å². The Morgan fingerprint density at radius 2 is 1.82 bits per heavy atom. The number of ether oxygens (including phenoxy) is 3. The zero-order valence-corrected chi connectivity index (χ0v) is 27.8. The van der Waals surface area contributed by atoms with Crippen LogP contribution in [0.5, 0.6) is 11.5 Å². The summed E-state index contributed by atoms with van der Waals surface area (Å²) in [4.78, 5) is 32.8. The Morgan fingerprint density at radius 1 is 1.07 bits per heavy atom. The second-order valence-electron chi connectivity index (χ2n) is 10.3. The van der Waals surface area contributed by atoms with Crippen molar-refractivity contribution in [2.24, 2.45) is 4.99 Å². The summed E-state index contributed by atoms with van der Waals surface area (Å²) in [6.45, 7) is 4.03. The Balaban J connectivity index is 1.53. The van der Waals surface area contributed by atoms with Crippen LogP contribution >= 0.6 is 38.9 Å². The molecule has 1 aromatic heterocycles. The van der Waals surface area contributed by atoms with E-state index in [9.17, 15) is 9.59 Å². The number of methoxy groups -OCH3 is 1. The zero-order valence-electron chi connectivity index (χ0n) is 24.7. The molecule has 0 radical (unpaired) electrons. The summed E-state index contributed by atoms with van der Waals surface area (Å²) >= 11 is 10.9. The molecule has 4 aromatic carbocycles. The SMILES string of the molecule is CCOC(=O)C1=C(C)N=c2s/c(=C/c3c(OCc4ccc(Cl)cc4)ccc4ccccc34)c(=O)n2[C@@H]1c1ccc(OC)c(Br)c1. The third-order valence-electron chi connectivity index (χ3n) is 7.52. The van der Waals surface area contributed by atoms with Crippen molar-refractivity contribution in [2.45, 2.75) is 26.5 Å². The monoisotopic (exact) mass is 702 g/mol. The summed E-state index contributed by atoms with van der Waals surface area (Å²) in [6.07, 6.45) is 1.85. The van der Waals surface area contributed by atoms with Crippen molar-refractivity contribution >= 4 is 61.7 Å². The van der Waals surface area contributed by atoms with Gasteiger partial charge in [-0.3, -0.25) is 9.36 Å². The number of rotatable bonds is 8. The highest BCUT2D eigenvalue weighted by molar-refractivity contribution is 9.10. The average molecular weight is 704 g/mol. The second kappa shape index (κ2) is 13.0. The fourth-order valence-corrected chi connectivity index (χ4v) is 7.10. The van der Waals surface area contributed by atoms with E-state index >= 15 is 0 Å². The molecule has 0 unspecified atom stereocenters. The number of aromatic nitrogens is 1. The number of benzene rings is 4. The molecule has 2 heterocycles. The van der Waals surface area contributed by atoms with E-state index in [0.717, 1.165) is 21.9 Å². The van der Waals surface area contributed by atoms with E-state index in [1.807, 2.05) is 78.9 Å². The molecular formula is C35H28BrClN2O5S. The highest BCUT2D eigenvalue weighted by Crippen LogP contribution is 2.35. The lowest BCUT2D eigenvalue weighted by molar-refractivity contribution is -0.139. The van der Waals surface area contributed by atoms with Crippen LogP contribution in [0.4, 0.5) is 0 Å². The Labute approximate surface area is 276 Å².